The lowest BCUT2D eigenvalue weighted by molar-refractivity contribution is -0.166. The van der Waals surface area contributed by atoms with E-state index in [2.05, 4.69) is 10.1 Å². The second kappa shape index (κ2) is 8.40. The average molecular weight is 309 g/mol. The smallest absolute Gasteiger partial charge is 0.407 e. The first-order valence-corrected chi connectivity index (χ1v) is 6.27. The zero-order valence-electron chi connectivity index (χ0n) is 11.8. The molecule has 1 aromatic rings. The van der Waals surface area contributed by atoms with Crippen molar-refractivity contribution in [3.8, 4) is 0 Å². The highest BCUT2D eigenvalue weighted by Gasteiger charge is 2.27. The molecule has 1 amide bonds. The first-order chi connectivity index (χ1) is 10.4. The van der Waals surface area contributed by atoms with Crippen LogP contribution in [0.4, 0.5) is 4.79 Å². The van der Waals surface area contributed by atoms with Gasteiger partial charge >= 0.3 is 18.0 Å². The summed E-state index contributed by atoms with van der Waals surface area (Å²) in [5.41, 5.74) is 0.766. The number of carbonyl (C=O) groups excluding carboxylic acids is 3. The highest BCUT2D eigenvalue weighted by Crippen LogP contribution is 2.00. The quantitative estimate of drug-likeness (QED) is 0.556. The predicted molar refractivity (Wildman–Crippen MR) is 72.8 cm³/mol. The normalized spacial score (nSPS) is 11.1. The maximum Gasteiger partial charge on any atom is 0.407 e. The van der Waals surface area contributed by atoms with Gasteiger partial charge in [-0.05, 0) is 12.5 Å². The summed E-state index contributed by atoms with van der Waals surface area (Å²) in [5.74, 6) is -3.46. The molecule has 1 atom stereocenters. The molecular formula is C14H15NO7. The minimum Gasteiger partial charge on any atom is -0.478 e. The molecule has 0 aliphatic carbocycles. The Morgan fingerprint density at radius 1 is 1.18 bits per heavy atom. The molecule has 0 heterocycles. The molecule has 1 rings (SSSR count). The van der Waals surface area contributed by atoms with Crippen LogP contribution in [0.15, 0.2) is 30.3 Å². The maximum atomic E-state index is 11.3. The van der Waals surface area contributed by atoms with Crippen molar-refractivity contribution in [2.45, 2.75) is 19.6 Å². The summed E-state index contributed by atoms with van der Waals surface area (Å²) in [4.78, 5) is 44.3. The van der Waals surface area contributed by atoms with Crippen molar-refractivity contribution in [2.75, 3.05) is 6.54 Å². The number of esters is 1. The van der Waals surface area contributed by atoms with Gasteiger partial charge in [0.1, 0.15) is 13.2 Å². The third-order valence-electron chi connectivity index (χ3n) is 2.43. The van der Waals surface area contributed by atoms with E-state index in [9.17, 15) is 19.2 Å². The van der Waals surface area contributed by atoms with Crippen LogP contribution in [0.5, 0.6) is 0 Å². The molecule has 0 fully saturated rings. The van der Waals surface area contributed by atoms with Crippen LogP contribution in [-0.2, 0) is 30.5 Å². The molecule has 0 bridgehead atoms. The summed E-state index contributed by atoms with van der Waals surface area (Å²) >= 11 is 0. The predicted octanol–water partition coefficient (Wildman–Crippen LogP) is 0.498. The van der Waals surface area contributed by atoms with Crippen molar-refractivity contribution in [3.63, 3.8) is 0 Å². The molecule has 0 radical (unpaired) electrons. The van der Waals surface area contributed by atoms with Crippen LogP contribution in [0, 0.1) is 0 Å². The van der Waals surface area contributed by atoms with Gasteiger partial charge in [-0.1, -0.05) is 30.3 Å². The fourth-order valence-corrected chi connectivity index (χ4v) is 1.40. The van der Waals surface area contributed by atoms with Crippen molar-refractivity contribution >= 4 is 23.8 Å². The number of ketones is 1. The number of carboxylic acid groups (broad SMARTS) is 1. The van der Waals surface area contributed by atoms with E-state index in [1.165, 1.54) is 0 Å². The molecule has 0 spiro atoms. The van der Waals surface area contributed by atoms with Crippen LogP contribution in [0.25, 0.3) is 0 Å². The van der Waals surface area contributed by atoms with E-state index in [-0.39, 0.29) is 6.61 Å². The van der Waals surface area contributed by atoms with Crippen molar-refractivity contribution in [2.24, 2.45) is 0 Å². The topological polar surface area (TPSA) is 119 Å². The van der Waals surface area contributed by atoms with E-state index in [1.807, 2.05) is 6.07 Å². The molecule has 0 aromatic heterocycles. The van der Waals surface area contributed by atoms with Crippen LogP contribution in [0.1, 0.15) is 12.5 Å². The van der Waals surface area contributed by atoms with Gasteiger partial charge in [-0.3, -0.25) is 9.59 Å². The highest BCUT2D eigenvalue weighted by molar-refractivity contribution is 6.01. The van der Waals surface area contributed by atoms with Gasteiger partial charge in [0.2, 0.25) is 0 Å². The molecule has 1 aromatic carbocycles. The Kier molecular flexibility index (Phi) is 6.55. The van der Waals surface area contributed by atoms with E-state index in [1.54, 1.807) is 24.3 Å². The summed E-state index contributed by atoms with van der Waals surface area (Å²) in [6.07, 6.45) is -2.75. The fourth-order valence-electron chi connectivity index (χ4n) is 1.40. The van der Waals surface area contributed by atoms with E-state index in [4.69, 9.17) is 9.84 Å². The fraction of sp³-hybridized carbons (Fsp3) is 0.286. The van der Waals surface area contributed by atoms with Crippen LogP contribution < -0.4 is 5.32 Å². The van der Waals surface area contributed by atoms with Gasteiger partial charge in [-0.2, -0.15) is 0 Å². The SMILES string of the molecule is CC(=O)C(OC(=O)CNC(=O)OCc1ccccc1)C(=O)O. The van der Waals surface area contributed by atoms with Crippen LogP contribution >= 0.6 is 0 Å². The Morgan fingerprint density at radius 2 is 1.82 bits per heavy atom. The van der Waals surface area contributed by atoms with Gasteiger partial charge < -0.3 is 19.9 Å². The van der Waals surface area contributed by atoms with Crippen molar-refractivity contribution in [3.05, 3.63) is 35.9 Å². The molecule has 0 saturated heterocycles. The summed E-state index contributed by atoms with van der Waals surface area (Å²) in [6.45, 7) is 0.394. The number of alkyl carbamates (subject to hydrolysis) is 1. The van der Waals surface area contributed by atoms with E-state index < -0.39 is 36.5 Å². The lowest BCUT2D eigenvalue weighted by Gasteiger charge is -2.11. The number of hydrogen-bond donors (Lipinski definition) is 2. The monoisotopic (exact) mass is 309 g/mol. The minimum atomic E-state index is -1.88. The summed E-state index contributed by atoms with van der Waals surface area (Å²) in [7, 11) is 0. The van der Waals surface area contributed by atoms with Crippen molar-refractivity contribution in [1.82, 2.24) is 5.32 Å². The number of ether oxygens (including phenoxy) is 2. The Balaban J connectivity index is 2.32. The molecule has 1 unspecified atom stereocenters. The lowest BCUT2D eigenvalue weighted by atomic mass is 10.2. The lowest BCUT2D eigenvalue weighted by Crippen LogP contribution is -2.38. The summed E-state index contributed by atoms with van der Waals surface area (Å²) < 4.78 is 9.27. The van der Waals surface area contributed by atoms with Gasteiger partial charge in [0.25, 0.3) is 6.10 Å². The molecule has 118 valence electrons. The third-order valence-corrected chi connectivity index (χ3v) is 2.43. The summed E-state index contributed by atoms with van der Waals surface area (Å²) in [5, 5.41) is 10.8. The van der Waals surface area contributed by atoms with Crippen molar-refractivity contribution < 1.29 is 33.8 Å². The molecule has 22 heavy (non-hydrogen) atoms. The number of nitrogens with one attached hydrogen (secondary N) is 1. The average Bonchev–Trinajstić information content (AvgIpc) is 2.49. The molecule has 8 heteroatoms. The number of carboxylic acids is 1. The highest BCUT2D eigenvalue weighted by atomic mass is 16.6. The molecule has 0 saturated carbocycles. The number of Topliss-reactive ketones (excluding diaryl/α,β-unsaturated/α-hetero) is 1. The molecular weight excluding hydrogens is 294 g/mol. The Hall–Kier alpha value is -2.90. The van der Waals surface area contributed by atoms with Gasteiger partial charge in [0.15, 0.2) is 5.78 Å². The first-order valence-electron chi connectivity index (χ1n) is 6.27. The minimum absolute atomic E-state index is 0.0208. The molecule has 8 nitrogen and oxygen atoms in total. The van der Waals surface area contributed by atoms with Gasteiger partial charge in [0.05, 0.1) is 0 Å². The van der Waals surface area contributed by atoms with E-state index in [0.29, 0.717) is 0 Å². The van der Waals surface area contributed by atoms with Crippen LogP contribution in [-0.4, -0.2) is 41.6 Å². The maximum absolute atomic E-state index is 11.3. The largest absolute Gasteiger partial charge is 0.478 e. The zero-order chi connectivity index (χ0) is 16.5. The summed E-state index contributed by atoms with van der Waals surface area (Å²) in [6, 6.07) is 8.88. The third kappa shape index (κ3) is 6.04. The first kappa shape index (κ1) is 17.2. The molecule has 0 aliphatic heterocycles. The zero-order valence-corrected chi connectivity index (χ0v) is 11.8. The Morgan fingerprint density at radius 3 is 2.36 bits per heavy atom. The Bertz CT molecular complexity index is 542. The van der Waals surface area contributed by atoms with E-state index in [0.717, 1.165) is 12.5 Å². The number of hydrogen-bond acceptors (Lipinski definition) is 6. The number of benzene rings is 1. The molecule has 2 N–H and O–H groups in total. The van der Waals surface area contributed by atoms with Crippen LogP contribution in [0.2, 0.25) is 0 Å². The standard InChI is InChI=1S/C14H15NO7/c1-9(16)12(13(18)19)22-11(17)7-15-14(20)21-8-10-5-3-2-4-6-10/h2-6,12H,7-8H2,1H3,(H,15,20)(H,18,19). The number of amides is 1. The number of aliphatic carboxylic acids is 1. The van der Waals surface area contributed by atoms with Gasteiger partial charge in [-0.15, -0.1) is 0 Å². The van der Waals surface area contributed by atoms with E-state index >= 15 is 0 Å². The van der Waals surface area contributed by atoms with Crippen LogP contribution in [0.3, 0.4) is 0 Å². The second-order valence-electron chi connectivity index (χ2n) is 4.23. The van der Waals surface area contributed by atoms with Crippen molar-refractivity contribution in [1.29, 1.82) is 0 Å². The Labute approximate surface area is 126 Å². The number of carbonyl (C=O) groups is 4. The van der Waals surface area contributed by atoms with Gasteiger partial charge in [0, 0.05) is 0 Å². The molecule has 0 aliphatic rings. The van der Waals surface area contributed by atoms with Gasteiger partial charge in [-0.25, -0.2) is 9.59 Å². The number of rotatable bonds is 7. The second-order valence-corrected chi connectivity index (χ2v) is 4.23.